The average Bonchev–Trinajstić information content (AvgIpc) is 3.04. The summed E-state index contributed by atoms with van der Waals surface area (Å²) in [5, 5.41) is 7.42. The van der Waals surface area contributed by atoms with E-state index in [1.165, 1.54) is 9.18 Å². The van der Waals surface area contributed by atoms with Crippen molar-refractivity contribution in [3.8, 4) is 0 Å². The van der Waals surface area contributed by atoms with E-state index in [1.807, 2.05) is 13.1 Å². The molecule has 138 valence electrons. The van der Waals surface area contributed by atoms with Gasteiger partial charge in [0.05, 0.1) is 12.3 Å². The minimum absolute atomic E-state index is 0.134. The molecule has 1 heterocycles. The van der Waals surface area contributed by atoms with Gasteiger partial charge in [-0.15, -0.1) is 11.3 Å². The largest absolute Gasteiger partial charge is 0.357 e. The van der Waals surface area contributed by atoms with Crippen molar-refractivity contribution in [1.82, 2.24) is 19.9 Å². The second-order valence-electron chi connectivity index (χ2n) is 5.27. The van der Waals surface area contributed by atoms with E-state index in [0.717, 1.165) is 30.4 Å². The van der Waals surface area contributed by atoms with Crippen molar-refractivity contribution in [3.05, 3.63) is 16.1 Å². The van der Waals surface area contributed by atoms with Gasteiger partial charge in [0.25, 0.3) is 0 Å². The molecule has 0 saturated heterocycles. The van der Waals surface area contributed by atoms with Gasteiger partial charge in [-0.2, -0.15) is 0 Å². The second-order valence-corrected chi connectivity index (χ2v) is 8.84. The monoisotopic (exact) mass is 375 g/mol. The third kappa shape index (κ3) is 7.14. The number of aryl methyl sites for hydroxylation is 1. The maximum atomic E-state index is 11.7. The summed E-state index contributed by atoms with van der Waals surface area (Å²) < 4.78 is 24.8. The molecule has 0 atom stereocenters. The first-order valence-electron chi connectivity index (χ1n) is 8.32. The molecule has 0 aliphatic rings. The Labute approximate surface area is 149 Å². The molecule has 0 amide bonds. The lowest BCUT2D eigenvalue weighted by Gasteiger charge is -2.16. The third-order valence-corrected chi connectivity index (χ3v) is 6.44. The number of rotatable bonds is 10. The summed E-state index contributed by atoms with van der Waals surface area (Å²) >= 11 is 1.68. The lowest BCUT2D eigenvalue weighted by molar-refractivity contribution is 0.461. The number of sulfonamides is 1. The van der Waals surface area contributed by atoms with E-state index in [4.69, 9.17) is 0 Å². The molecule has 7 nitrogen and oxygen atoms in total. The summed E-state index contributed by atoms with van der Waals surface area (Å²) in [4.78, 5) is 10.1. The van der Waals surface area contributed by atoms with Gasteiger partial charge in [0.1, 0.15) is 5.01 Å². The van der Waals surface area contributed by atoms with Gasteiger partial charge in [0.2, 0.25) is 10.0 Å². The highest BCUT2D eigenvalue weighted by atomic mass is 32.2. The third-order valence-electron chi connectivity index (χ3n) is 3.45. The van der Waals surface area contributed by atoms with Crippen LogP contribution in [0.25, 0.3) is 0 Å². The summed E-state index contributed by atoms with van der Waals surface area (Å²) in [6, 6.07) is 0. The van der Waals surface area contributed by atoms with Crippen LogP contribution in [0.4, 0.5) is 0 Å². The number of nitrogens with zero attached hydrogens (tertiary/aromatic N) is 3. The van der Waals surface area contributed by atoms with E-state index in [0.29, 0.717) is 19.6 Å². The van der Waals surface area contributed by atoms with E-state index < -0.39 is 10.0 Å². The molecule has 24 heavy (non-hydrogen) atoms. The highest BCUT2D eigenvalue weighted by molar-refractivity contribution is 7.89. The molecule has 1 aromatic rings. The minimum atomic E-state index is -3.10. The van der Waals surface area contributed by atoms with Crippen LogP contribution in [0.5, 0.6) is 0 Å². The lowest BCUT2D eigenvalue weighted by Crippen LogP contribution is -2.39. The molecule has 0 unspecified atom stereocenters. The molecule has 0 aliphatic heterocycles. The molecule has 0 spiro atoms. The normalized spacial score (nSPS) is 12.6. The number of aromatic nitrogens is 1. The Bertz CT molecular complexity index is 613. The first-order chi connectivity index (χ1) is 11.4. The maximum Gasteiger partial charge on any atom is 0.213 e. The molecule has 0 saturated carbocycles. The van der Waals surface area contributed by atoms with Gasteiger partial charge < -0.3 is 10.6 Å². The fraction of sp³-hybridized carbons (Fsp3) is 0.733. The molecular weight excluding hydrogens is 346 g/mol. The smallest absolute Gasteiger partial charge is 0.213 e. The van der Waals surface area contributed by atoms with E-state index in [9.17, 15) is 8.42 Å². The summed E-state index contributed by atoms with van der Waals surface area (Å²) in [5.74, 6) is 0.862. The number of aliphatic imine (C=N–C) groups is 1. The van der Waals surface area contributed by atoms with Crippen molar-refractivity contribution >= 4 is 27.3 Å². The molecule has 9 heteroatoms. The van der Waals surface area contributed by atoms with Crippen LogP contribution in [0.2, 0.25) is 0 Å². The molecule has 1 aromatic heterocycles. The molecule has 0 fully saturated rings. The first-order valence-corrected chi connectivity index (χ1v) is 10.7. The number of guanidine groups is 1. The standard InChI is InChI=1S/C15H29N5O2S2/c1-5-13-11-18-14(23-13)12-19-15(16-6-2)17-9-8-10-20(4)24(21,22)7-3/h11H,5-10,12H2,1-4H3,(H2,16,17,19). The lowest BCUT2D eigenvalue weighted by atomic mass is 10.4. The molecular formula is C15H29N5O2S2. The van der Waals surface area contributed by atoms with E-state index in [2.05, 4.69) is 27.5 Å². The topological polar surface area (TPSA) is 86.7 Å². The minimum Gasteiger partial charge on any atom is -0.357 e. The van der Waals surface area contributed by atoms with Crippen molar-refractivity contribution in [3.63, 3.8) is 0 Å². The molecule has 0 aromatic carbocycles. The van der Waals surface area contributed by atoms with Crippen molar-refractivity contribution in [2.45, 2.75) is 40.2 Å². The Kier molecular flexibility index (Phi) is 9.24. The number of hydrogen-bond donors (Lipinski definition) is 2. The van der Waals surface area contributed by atoms with E-state index in [1.54, 1.807) is 25.3 Å². The summed E-state index contributed by atoms with van der Waals surface area (Å²) in [6.45, 7) is 8.25. The van der Waals surface area contributed by atoms with Gasteiger partial charge in [-0.05, 0) is 26.7 Å². The van der Waals surface area contributed by atoms with E-state index >= 15 is 0 Å². The second kappa shape index (κ2) is 10.6. The Balaban J connectivity index is 2.44. The van der Waals surface area contributed by atoms with Crippen LogP contribution >= 0.6 is 11.3 Å². The van der Waals surface area contributed by atoms with Crippen molar-refractivity contribution in [2.75, 3.05) is 32.4 Å². The molecule has 0 aliphatic carbocycles. The molecule has 0 radical (unpaired) electrons. The summed E-state index contributed by atoms with van der Waals surface area (Å²) in [6.07, 6.45) is 3.62. The zero-order chi connectivity index (χ0) is 18.0. The van der Waals surface area contributed by atoms with Crippen molar-refractivity contribution in [2.24, 2.45) is 4.99 Å². The highest BCUT2D eigenvalue weighted by Crippen LogP contribution is 2.13. The predicted octanol–water partition coefficient (Wildman–Crippen LogP) is 1.43. The Morgan fingerprint density at radius 1 is 1.33 bits per heavy atom. The van der Waals surface area contributed by atoms with Gasteiger partial charge in [-0.1, -0.05) is 6.92 Å². The number of nitrogens with one attached hydrogen (secondary N) is 2. The van der Waals surface area contributed by atoms with Crippen LogP contribution in [0.15, 0.2) is 11.2 Å². The van der Waals surface area contributed by atoms with Gasteiger partial charge in [-0.3, -0.25) is 0 Å². The highest BCUT2D eigenvalue weighted by Gasteiger charge is 2.13. The summed E-state index contributed by atoms with van der Waals surface area (Å²) in [7, 11) is -1.49. The molecule has 0 bridgehead atoms. The molecule has 2 N–H and O–H groups in total. The van der Waals surface area contributed by atoms with Gasteiger partial charge in [0, 0.05) is 37.8 Å². The summed E-state index contributed by atoms with van der Waals surface area (Å²) in [5.41, 5.74) is 0. The van der Waals surface area contributed by atoms with Crippen LogP contribution < -0.4 is 10.6 Å². The number of thiazole rings is 1. The fourth-order valence-corrected chi connectivity index (χ4v) is 3.58. The Hall–Kier alpha value is -1.19. The van der Waals surface area contributed by atoms with E-state index in [-0.39, 0.29) is 5.75 Å². The van der Waals surface area contributed by atoms with Crippen molar-refractivity contribution in [1.29, 1.82) is 0 Å². The van der Waals surface area contributed by atoms with Gasteiger partial charge >= 0.3 is 0 Å². The average molecular weight is 376 g/mol. The first kappa shape index (κ1) is 20.9. The maximum absolute atomic E-state index is 11.7. The fourth-order valence-electron chi connectivity index (χ4n) is 1.94. The van der Waals surface area contributed by atoms with Crippen LogP contribution in [0.1, 0.15) is 37.1 Å². The van der Waals surface area contributed by atoms with Crippen LogP contribution in [-0.4, -0.2) is 56.1 Å². The predicted molar refractivity (Wildman–Crippen MR) is 101 cm³/mol. The Morgan fingerprint density at radius 3 is 2.67 bits per heavy atom. The zero-order valence-corrected chi connectivity index (χ0v) is 16.6. The van der Waals surface area contributed by atoms with Crippen molar-refractivity contribution < 1.29 is 8.42 Å². The Morgan fingerprint density at radius 2 is 2.08 bits per heavy atom. The zero-order valence-electron chi connectivity index (χ0n) is 15.0. The van der Waals surface area contributed by atoms with Crippen LogP contribution in [-0.2, 0) is 23.0 Å². The SMILES string of the molecule is CCNC(=NCc1ncc(CC)s1)NCCCN(C)S(=O)(=O)CC. The van der Waals surface area contributed by atoms with Crippen LogP contribution in [0, 0.1) is 0 Å². The van der Waals surface area contributed by atoms with Gasteiger partial charge in [-0.25, -0.2) is 22.7 Å². The number of hydrogen-bond acceptors (Lipinski definition) is 5. The van der Waals surface area contributed by atoms with Crippen LogP contribution in [0.3, 0.4) is 0 Å². The van der Waals surface area contributed by atoms with Gasteiger partial charge in [0.15, 0.2) is 5.96 Å². The molecule has 1 rings (SSSR count). The quantitative estimate of drug-likeness (QED) is 0.367.